The summed E-state index contributed by atoms with van der Waals surface area (Å²) in [5.74, 6) is 1.06. The van der Waals surface area contributed by atoms with E-state index in [1.807, 2.05) is 18.4 Å². The molecule has 0 radical (unpaired) electrons. The van der Waals surface area contributed by atoms with Gasteiger partial charge in [0.15, 0.2) is 0 Å². The fourth-order valence-corrected chi connectivity index (χ4v) is 4.10. The topological polar surface area (TPSA) is 47.0 Å². The molecule has 2 aromatic rings. The fourth-order valence-electron chi connectivity index (χ4n) is 3.10. The lowest BCUT2D eigenvalue weighted by atomic mass is 9.81. The van der Waals surface area contributed by atoms with Crippen LogP contribution in [-0.2, 0) is 6.42 Å². The van der Waals surface area contributed by atoms with Gasteiger partial charge in [0.05, 0.1) is 13.2 Å². The Hall–Kier alpha value is -1.46. The van der Waals surface area contributed by atoms with E-state index in [0.717, 1.165) is 5.69 Å². The van der Waals surface area contributed by atoms with E-state index in [4.69, 9.17) is 4.74 Å². The van der Waals surface area contributed by atoms with Crippen LogP contribution in [0.1, 0.15) is 40.9 Å². The van der Waals surface area contributed by atoms with Crippen LogP contribution in [0.4, 0.5) is 0 Å². The van der Waals surface area contributed by atoms with Gasteiger partial charge in [-0.05, 0) is 43.3 Å². The molecule has 0 spiro atoms. The molecule has 2 atom stereocenters. The van der Waals surface area contributed by atoms with Gasteiger partial charge in [-0.25, -0.2) is 4.98 Å². The molecule has 2 unspecified atom stereocenters. The first-order valence-electron chi connectivity index (χ1n) is 6.93. The van der Waals surface area contributed by atoms with Crippen LogP contribution in [0, 0.1) is 0 Å². The molecule has 20 heavy (non-hydrogen) atoms. The Balaban J connectivity index is 1.99. The molecule has 3 rings (SSSR count). The number of nitrogens with one attached hydrogen (secondary N) is 1. The molecule has 4 nitrogen and oxygen atoms in total. The molecule has 0 fully saturated rings. The summed E-state index contributed by atoms with van der Waals surface area (Å²) in [6.45, 7) is 0. The first-order valence-corrected chi connectivity index (χ1v) is 7.81. The number of hydrogen-bond acceptors (Lipinski definition) is 5. The number of rotatable bonds is 4. The average Bonchev–Trinajstić information content (AvgIpc) is 2.98. The molecule has 0 amide bonds. The van der Waals surface area contributed by atoms with Crippen LogP contribution in [-0.4, -0.2) is 24.1 Å². The van der Waals surface area contributed by atoms with Crippen molar-refractivity contribution in [3.8, 4) is 5.88 Å². The SMILES string of the molecule is CNC(c1nccnc1OC)C1CCCc2sccc21. The molecule has 0 bridgehead atoms. The van der Waals surface area contributed by atoms with E-state index in [0.29, 0.717) is 11.8 Å². The van der Waals surface area contributed by atoms with Gasteiger partial charge in [0.1, 0.15) is 5.69 Å². The maximum atomic E-state index is 5.38. The summed E-state index contributed by atoms with van der Waals surface area (Å²) in [4.78, 5) is 10.3. The highest BCUT2D eigenvalue weighted by Gasteiger charge is 2.31. The number of fused-ring (bicyclic) bond motifs is 1. The highest BCUT2D eigenvalue weighted by molar-refractivity contribution is 7.10. The van der Waals surface area contributed by atoms with Gasteiger partial charge in [0, 0.05) is 23.2 Å². The number of thiophene rings is 1. The molecular weight excluding hydrogens is 270 g/mol. The largest absolute Gasteiger partial charge is 0.480 e. The summed E-state index contributed by atoms with van der Waals surface area (Å²) in [6.07, 6.45) is 7.02. The van der Waals surface area contributed by atoms with Crippen molar-refractivity contribution in [3.05, 3.63) is 40.0 Å². The van der Waals surface area contributed by atoms with Crippen LogP contribution in [0.25, 0.3) is 0 Å². The third-order valence-electron chi connectivity index (χ3n) is 3.99. The van der Waals surface area contributed by atoms with Crippen LogP contribution in [0.3, 0.4) is 0 Å². The van der Waals surface area contributed by atoms with Crippen molar-refractivity contribution in [2.75, 3.05) is 14.2 Å². The highest BCUT2D eigenvalue weighted by Crippen LogP contribution is 2.43. The minimum Gasteiger partial charge on any atom is -0.480 e. The number of likely N-dealkylation sites (N-methyl/N-ethyl adjacent to an activating group) is 1. The van der Waals surface area contributed by atoms with E-state index in [1.165, 1.54) is 29.7 Å². The molecule has 0 aliphatic heterocycles. The standard InChI is InChI=1S/C15H19N3OS/c1-16-13(14-15(19-2)18-8-7-17-14)11-4-3-5-12-10(11)6-9-20-12/h6-9,11,13,16H,3-5H2,1-2H3. The lowest BCUT2D eigenvalue weighted by Crippen LogP contribution is -2.27. The van der Waals surface area contributed by atoms with Crippen LogP contribution >= 0.6 is 11.3 Å². The van der Waals surface area contributed by atoms with Crippen molar-refractivity contribution in [3.63, 3.8) is 0 Å². The molecule has 5 heteroatoms. The van der Waals surface area contributed by atoms with Crippen LogP contribution in [0.15, 0.2) is 23.8 Å². The zero-order chi connectivity index (χ0) is 13.9. The van der Waals surface area contributed by atoms with Crippen molar-refractivity contribution in [1.29, 1.82) is 0 Å². The predicted molar refractivity (Wildman–Crippen MR) is 80.4 cm³/mol. The Morgan fingerprint density at radius 2 is 2.25 bits per heavy atom. The third kappa shape index (κ3) is 2.31. The van der Waals surface area contributed by atoms with E-state index in [1.54, 1.807) is 19.5 Å². The van der Waals surface area contributed by atoms with Gasteiger partial charge in [-0.2, -0.15) is 0 Å². The summed E-state index contributed by atoms with van der Waals surface area (Å²) in [5.41, 5.74) is 2.37. The monoisotopic (exact) mass is 289 g/mol. The maximum absolute atomic E-state index is 5.38. The summed E-state index contributed by atoms with van der Waals surface area (Å²) < 4.78 is 5.38. The number of aromatic nitrogens is 2. The lowest BCUT2D eigenvalue weighted by Gasteiger charge is -2.30. The molecular formula is C15H19N3OS. The highest BCUT2D eigenvalue weighted by atomic mass is 32.1. The average molecular weight is 289 g/mol. The number of nitrogens with zero attached hydrogens (tertiary/aromatic N) is 2. The number of aryl methyl sites for hydroxylation is 1. The number of methoxy groups -OCH3 is 1. The predicted octanol–water partition coefficient (Wildman–Crippen LogP) is 2.93. The normalized spacial score (nSPS) is 19.4. The lowest BCUT2D eigenvalue weighted by molar-refractivity contribution is 0.360. The zero-order valence-corrected chi connectivity index (χ0v) is 12.6. The van der Waals surface area contributed by atoms with Gasteiger partial charge in [0.25, 0.3) is 0 Å². The van der Waals surface area contributed by atoms with Gasteiger partial charge in [-0.1, -0.05) is 0 Å². The summed E-state index contributed by atoms with van der Waals surface area (Å²) >= 11 is 1.87. The quantitative estimate of drug-likeness (QED) is 0.940. The second-order valence-corrected chi connectivity index (χ2v) is 6.02. The van der Waals surface area contributed by atoms with E-state index in [9.17, 15) is 0 Å². The van der Waals surface area contributed by atoms with Crippen molar-refractivity contribution in [1.82, 2.24) is 15.3 Å². The van der Waals surface area contributed by atoms with Crippen LogP contribution in [0.2, 0.25) is 0 Å². The molecule has 2 aromatic heterocycles. The summed E-state index contributed by atoms with van der Waals surface area (Å²) in [7, 11) is 3.64. The zero-order valence-electron chi connectivity index (χ0n) is 11.8. The Bertz CT molecular complexity index is 584. The second-order valence-electron chi connectivity index (χ2n) is 5.02. The smallest absolute Gasteiger partial charge is 0.237 e. The third-order valence-corrected chi connectivity index (χ3v) is 4.99. The van der Waals surface area contributed by atoms with Gasteiger partial charge in [-0.3, -0.25) is 4.98 Å². The van der Waals surface area contributed by atoms with Crippen molar-refractivity contribution in [2.24, 2.45) is 0 Å². The minimum atomic E-state index is 0.146. The fraction of sp³-hybridized carbons (Fsp3) is 0.467. The van der Waals surface area contributed by atoms with Crippen LogP contribution < -0.4 is 10.1 Å². The van der Waals surface area contributed by atoms with Gasteiger partial charge in [0.2, 0.25) is 5.88 Å². The van der Waals surface area contributed by atoms with E-state index in [2.05, 4.69) is 26.7 Å². The maximum Gasteiger partial charge on any atom is 0.237 e. The number of ether oxygens (including phenoxy) is 1. The Morgan fingerprint density at radius 1 is 1.40 bits per heavy atom. The Kier molecular flexibility index (Phi) is 3.98. The van der Waals surface area contributed by atoms with Crippen molar-refractivity contribution in [2.45, 2.75) is 31.2 Å². The number of hydrogen-bond donors (Lipinski definition) is 1. The second kappa shape index (κ2) is 5.89. The first-order chi connectivity index (χ1) is 9.85. The molecule has 0 saturated heterocycles. The van der Waals surface area contributed by atoms with Crippen molar-refractivity contribution >= 4 is 11.3 Å². The molecule has 106 valence electrons. The molecule has 1 aliphatic rings. The minimum absolute atomic E-state index is 0.146. The first kappa shape index (κ1) is 13.5. The summed E-state index contributed by atoms with van der Waals surface area (Å²) in [6, 6.07) is 2.41. The van der Waals surface area contributed by atoms with Gasteiger partial charge >= 0.3 is 0 Å². The molecule has 0 saturated carbocycles. The Morgan fingerprint density at radius 3 is 3.05 bits per heavy atom. The Labute approximate surface area is 123 Å². The van der Waals surface area contributed by atoms with Crippen molar-refractivity contribution < 1.29 is 4.74 Å². The van der Waals surface area contributed by atoms with E-state index in [-0.39, 0.29) is 6.04 Å². The molecule has 0 aromatic carbocycles. The molecule has 1 N–H and O–H groups in total. The van der Waals surface area contributed by atoms with Crippen LogP contribution in [0.5, 0.6) is 5.88 Å². The molecule has 2 heterocycles. The van der Waals surface area contributed by atoms with Gasteiger partial charge in [-0.15, -0.1) is 11.3 Å². The summed E-state index contributed by atoms with van der Waals surface area (Å²) in [5, 5.41) is 5.61. The molecule has 1 aliphatic carbocycles. The van der Waals surface area contributed by atoms with E-state index < -0.39 is 0 Å². The van der Waals surface area contributed by atoms with E-state index >= 15 is 0 Å². The van der Waals surface area contributed by atoms with Gasteiger partial charge < -0.3 is 10.1 Å².